The Balaban J connectivity index is 1.37. The van der Waals surface area contributed by atoms with Gasteiger partial charge in [-0.25, -0.2) is 4.98 Å². The maximum absolute atomic E-state index is 5.91. The highest BCUT2D eigenvalue weighted by molar-refractivity contribution is 7.13. The van der Waals surface area contributed by atoms with Gasteiger partial charge in [-0.15, -0.1) is 11.3 Å². The van der Waals surface area contributed by atoms with Crippen LogP contribution in [0.1, 0.15) is 17.4 Å². The first-order chi connectivity index (χ1) is 13.2. The quantitative estimate of drug-likeness (QED) is 0.547. The van der Waals surface area contributed by atoms with Crippen molar-refractivity contribution in [3.8, 4) is 10.8 Å². The van der Waals surface area contributed by atoms with Crippen molar-refractivity contribution >= 4 is 17.3 Å². The average molecular weight is 386 g/mol. The van der Waals surface area contributed by atoms with E-state index in [0.29, 0.717) is 19.0 Å². The number of guanidine groups is 1. The highest BCUT2D eigenvalue weighted by Gasteiger charge is 2.25. The highest BCUT2D eigenvalue weighted by Crippen LogP contribution is 2.24. The van der Waals surface area contributed by atoms with Crippen LogP contribution in [0.3, 0.4) is 0 Å². The number of rotatable bonds is 4. The normalized spacial score (nSPS) is 18.1. The minimum atomic E-state index is -0.0107. The molecule has 4 rings (SSSR count). The molecule has 1 aliphatic heterocycles. The van der Waals surface area contributed by atoms with Crippen LogP contribution >= 0.6 is 11.3 Å². The van der Waals surface area contributed by atoms with E-state index in [2.05, 4.69) is 25.3 Å². The number of hydrogen-bond acceptors (Lipinski definition) is 6. The molecule has 0 radical (unpaired) electrons. The molecule has 1 fully saturated rings. The summed E-state index contributed by atoms with van der Waals surface area (Å²) in [5, 5.41) is 9.62. The summed E-state index contributed by atoms with van der Waals surface area (Å²) in [6, 6.07) is 3.99. The van der Waals surface area contributed by atoms with Crippen LogP contribution in [0.4, 0.5) is 0 Å². The molecule has 1 saturated heterocycles. The van der Waals surface area contributed by atoms with Crippen molar-refractivity contribution in [3.63, 3.8) is 0 Å². The van der Waals surface area contributed by atoms with Crippen molar-refractivity contribution in [1.29, 1.82) is 0 Å². The number of aliphatic imine (C=N–C) groups is 1. The summed E-state index contributed by atoms with van der Waals surface area (Å²) in [5.41, 5.74) is 1.92. The molecule has 3 aromatic rings. The molecule has 9 heteroatoms. The molecule has 1 unspecified atom stereocenters. The highest BCUT2D eigenvalue weighted by atomic mass is 32.1. The fraction of sp³-hybridized carbons (Fsp3) is 0.389. The Labute approximate surface area is 161 Å². The lowest BCUT2D eigenvalue weighted by Gasteiger charge is -2.34. The number of ether oxygens (including phenoxy) is 1. The number of aromatic nitrogens is 3. The second kappa shape index (κ2) is 7.93. The van der Waals surface area contributed by atoms with Crippen LogP contribution < -0.4 is 5.32 Å². The molecule has 4 heterocycles. The lowest BCUT2D eigenvalue weighted by Crippen LogP contribution is -2.47. The van der Waals surface area contributed by atoms with Crippen molar-refractivity contribution in [2.75, 3.05) is 26.7 Å². The van der Waals surface area contributed by atoms with E-state index < -0.39 is 0 Å². The van der Waals surface area contributed by atoms with Crippen LogP contribution in [0.15, 0.2) is 45.6 Å². The van der Waals surface area contributed by atoms with Crippen molar-refractivity contribution in [3.05, 3.63) is 47.4 Å². The van der Waals surface area contributed by atoms with Gasteiger partial charge in [-0.1, -0.05) is 6.07 Å². The minimum absolute atomic E-state index is 0.0107. The summed E-state index contributed by atoms with van der Waals surface area (Å²) >= 11 is 1.61. The van der Waals surface area contributed by atoms with Gasteiger partial charge in [0.1, 0.15) is 12.4 Å². The Morgan fingerprint density at radius 1 is 1.48 bits per heavy atom. The van der Waals surface area contributed by atoms with Gasteiger partial charge in [0, 0.05) is 32.4 Å². The van der Waals surface area contributed by atoms with E-state index in [0.717, 1.165) is 35.2 Å². The minimum Gasteiger partial charge on any atom is -0.443 e. The van der Waals surface area contributed by atoms with Crippen LogP contribution in [-0.2, 0) is 18.3 Å². The molecular formula is C18H22N6O2S. The number of nitrogens with zero attached hydrogens (tertiary/aromatic N) is 5. The molecule has 8 nitrogen and oxygen atoms in total. The summed E-state index contributed by atoms with van der Waals surface area (Å²) in [4.78, 5) is 12.2. The molecule has 0 spiro atoms. The van der Waals surface area contributed by atoms with Crippen molar-refractivity contribution in [1.82, 2.24) is 25.0 Å². The first-order valence-electron chi connectivity index (χ1n) is 8.77. The molecule has 1 atom stereocenters. The van der Waals surface area contributed by atoms with Gasteiger partial charge >= 0.3 is 0 Å². The van der Waals surface area contributed by atoms with E-state index in [-0.39, 0.29) is 6.10 Å². The van der Waals surface area contributed by atoms with Gasteiger partial charge in [0.2, 0.25) is 5.89 Å². The van der Waals surface area contributed by atoms with E-state index in [1.165, 1.54) is 0 Å². The number of nitrogens with one attached hydrogen (secondary N) is 1. The van der Waals surface area contributed by atoms with Gasteiger partial charge in [0.15, 0.2) is 5.96 Å². The van der Waals surface area contributed by atoms with Crippen molar-refractivity contribution < 1.29 is 9.15 Å². The molecule has 0 bridgehead atoms. The summed E-state index contributed by atoms with van der Waals surface area (Å²) < 4.78 is 13.3. The zero-order valence-corrected chi connectivity index (χ0v) is 16.1. The Morgan fingerprint density at radius 3 is 3.15 bits per heavy atom. The average Bonchev–Trinajstić information content (AvgIpc) is 3.44. The number of oxazole rings is 1. The largest absolute Gasteiger partial charge is 0.443 e. The molecule has 142 valence electrons. The molecule has 1 aliphatic rings. The van der Waals surface area contributed by atoms with Crippen molar-refractivity contribution in [2.45, 2.75) is 12.6 Å². The van der Waals surface area contributed by atoms with E-state index in [1.807, 2.05) is 37.0 Å². The van der Waals surface area contributed by atoms with E-state index >= 15 is 0 Å². The fourth-order valence-corrected chi connectivity index (χ4v) is 3.71. The standard InChI is InChI=1S/C18H22N6O2S/c1-19-18(20-9-14-12-26-17(22-14)16-4-3-7-27-16)24-5-6-25-15(11-24)13-8-21-23(2)10-13/h3-4,7-8,10,12,15H,5-6,9,11H2,1-2H3,(H,19,20). The summed E-state index contributed by atoms with van der Waals surface area (Å²) in [6.07, 6.45) is 5.52. The SMILES string of the molecule is CN=C(NCc1coc(-c2cccs2)n1)N1CCOC(c2cnn(C)c2)C1. The van der Waals surface area contributed by atoms with Crippen LogP contribution in [0.2, 0.25) is 0 Å². The van der Waals surface area contributed by atoms with Gasteiger partial charge in [0.25, 0.3) is 0 Å². The van der Waals surface area contributed by atoms with Crippen LogP contribution in [-0.4, -0.2) is 52.4 Å². The van der Waals surface area contributed by atoms with Gasteiger partial charge in [-0.2, -0.15) is 5.10 Å². The zero-order valence-electron chi connectivity index (χ0n) is 15.3. The summed E-state index contributed by atoms with van der Waals surface area (Å²) in [6.45, 7) is 2.71. The number of morpholine rings is 1. The molecule has 27 heavy (non-hydrogen) atoms. The van der Waals surface area contributed by atoms with Crippen LogP contribution in [0, 0.1) is 0 Å². The molecule has 0 aromatic carbocycles. The maximum atomic E-state index is 5.91. The monoisotopic (exact) mass is 386 g/mol. The van der Waals surface area contributed by atoms with Crippen LogP contribution in [0.5, 0.6) is 0 Å². The summed E-state index contributed by atoms with van der Waals surface area (Å²) in [5.74, 6) is 1.48. The smallest absolute Gasteiger partial charge is 0.236 e. The van der Waals surface area contributed by atoms with Crippen LogP contribution in [0.25, 0.3) is 10.8 Å². The summed E-state index contributed by atoms with van der Waals surface area (Å²) in [7, 11) is 3.70. The fourth-order valence-electron chi connectivity index (χ4n) is 3.05. The number of thiophene rings is 1. The molecule has 3 aromatic heterocycles. The van der Waals surface area contributed by atoms with E-state index in [4.69, 9.17) is 9.15 Å². The third kappa shape index (κ3) is 4.04. The number of aryl methyl sites for hydroxylation is 1. The Morgan fingerprint density at radius 2 is 2.41 bits per heavy atom. The first-order valence-corrected chi connectivity index (χ1v) is 9.65. The van der Waals surface area contributed by atoms with Gasteiger partial charge in [-0.05, 0) is 11.4 Å². The Hall–Kier alpha value is -2.65. The molecular weight excluding hydrogens is 364 g/mol. The third-order valence-electron chi connectivity index (χ3n) is 4.39. The predicted octanol–water partition coefficient (Wildman–Crippen LogP) is 2.29. The Bertz CT molecular complexity index is 901. The Kier molecular flexibility index (Phi) is 5.21. The topological polar surface area (TPSA) is 80.7 Å². The zero-order chi connectivity index (χ0) is 18.6. The van der Waals surface area contributed by atoms with Crippen molar-refractivity contribution in [2.24, 2.45) is 12.0 Å². The lowest BCUT2D eigenvalue weighted by molar-refractivity contribution is -0.00805. The van der Waals surface area contributed by atoms with Gasteiger partial charge in [-0.3, -0.25) is 9.67 Å². The second-order valence-electron chi connectivity index (χ2n) is 6.27. The maximum Gasteiger partial charge on any atom is 0.236 e. The number of hydrogen-bond donors (Lipinski definition) is 1. The van der Waals surface area contributed by atoms with E-state index in [9.17, 15) is 0 Å². The second-order valence-corrected chi connectivity index (χ2v) is 7.22. The molecule has 1 N–H and O–H groups in total. The molecule has 0 aliphatic carbocycles. The van der Waals surface area contributed by atoms with E-state index in [1.54, 1.807) is 29.3 Å². The first kappa shape index (κ1) is 17.7. The third-order valence-corrected chi connectivity index (χ3v) is 5.24. The molecule has 0 saturated carbocycles. The molecule has 0 amide bonds. The van der Waals surface area contributed by atoms with Gasteiger partial charge in [0.05, 0.1) is 36.5 Å². The lowest BCUT2D eigenvalue weighted by atomic mass is 10.1. The predicted molar refractivity (Wildman–Crippen MR) is 103 cm³/mol. The van der Waals surface area contributed by atoms with Gasteiger partial charge < -0.3 is 19.4 Å².